The van der Waals surface area contributed by atoms with Crippen LogP contribution in [0.15, 0.2) is 34.1 Å². The maximum Gasteiger partial charge on any atom is 0.337 e. The average molecular weight is 375 g/mol. The fourth-order valence-corrected chi connectivity index (χ4v) is 2.93. The van der Waals surface area contributed by atoms with Crippen LogP contribution in [0.25, 0.3) is 0 Å². The first kappa shape index (κ1) is 15.0. The van der Waals surface area contributed by atoms with Gasteiger partial charge in [0.15, 0.2) is 0 Å². The number of anilines is 1. The molecule has 1 aromatic carbocycles. The molecule has 20 heavy (non-hydrogen) atoms. The molecule has 1 N–H and O–H groups in total. The summed E-state index contributed by atoms with van der Waals surface area (Å²) in [6.45, 7) is 0. The number of hydrogen-bond acceptors (Lipinski definition) is 4. The third kappa shape index (κ3) is 3.39. The van der Waals surface area contributed by atoms with Gasteiger partial charge in [-0.15, -0.1) is 11.3 Å². The Hall–Kier alpha value is -1.37. The van der Waals surface area contributed by atoms with Crippen LogP contribution in [0.1, 0.15) is 20.0 Å². The molecule has 2 rings (SSSR count). The van der Waals surface area contributed by atoms with Gasteiger partial charge in [0, 0.05) is 0 Å². The van der Waals surface area contributed by atoms with Gasteiger partial charge >= 0.3 is 5.97 Å². The van der Waals surface area contributed by atoms with Crippen molar-refractivity contribution in [1.82, 2.24) is 0 Å². The predicted molar refractivity (Wildman–Crippen MR) is 82.8 cm³/mol. The molecule has 0 fully saturated rings. The summed E-state index contributed by atoms with van der Waals surface area (Å²) < 4.78 is 5.48. The SMILES string of the molecule is COC(=O)c1ccc(Cl)c(NC(=O)c2ccc(Br)s2)c1. The number of methoxy groups -OCH3 is 1. The lowest BCUT2D eigenvalue weighted by Gasteiger charge is -2.08. The quantitative estimate of drug-likeness (QED) is 0.819. The Morgan fingerprint density at radius 1 is 1.30 bits per heavy atom. The number of amides is 1. The van der Waals surface area contributed by atoms with E-state index in [1.165, 1.54) is 36.6 Å². The summed E-state index contributed by atoms with van der Waals surface area (Å²) in [4.78, 5) is 24.0. The average Bonchev–Trinajstić information content (AvgIpc) is 2.87. The Balaban J connectivity index is 2.24. The van der Waals surface area contributed by atoms with Gasteiger partial charge in [0.25, 0.3) is 5.91 Å². The van der Waals surface area contributed by atoms with Gasteiger partial charge in [-0.05, 0) is 46.3 Å². The van der Waals surface area contributed by atoms with E-state index in [1.807, 2.05) is 0 Å². The number of carbonyl (C=O) groups is 2. The van der Waals surface area contributed by atoms with Gasteiger partial charge in [-0.3, -0.25) is 4.79 Å². The van der Waals surface area contributed by atoms with Gasteiger partial charge in [-0.1, -0.05) is 11.6 Å². The Morgan fingerprint density at radius 3 is 2.65 bits per heavy atom. The van der Waals surface area contributed by atoms with Gasteiger partial charge in [-0.2, -0.15) is 0 Å². The maximum atomic E-state index is 12.0. The molecule has 0 saturated heterocycles. The highest BCUT2D eigenvalue weighted by atomic mass is 79.9. The first-order chi connectivity index (χ1) is 9.51. The number of ether oxygens (including phenoxy) is 1. The highest BCUT2D eigenvalue weighted by molar-refractivity contribution is 9.11. The number of hydrogen-bond donors (Lipinski definition) is 1. The molecule has 1 heterocycles. The summed E-state index contributed by atoms with van der Waals surface area (Å²) in [5.41, 5.74) is 0.684. The van der Waals surface area contributed by atoms with Crippen molar-refractivity contribution in [2.24, 2.45) is 0 Å². The molecule has 104 valence electrons. The number of halogens is 2. The summed E-state index contributed by atoms with van der Waals surface area (Å²) in [6, 6.07) is 8.03. The number of thiophene rings is 1. The van der Waals surface area contributed by atoms with Crippen molar-refractivity contribution in [2.75, 3.05) is 12.4 Å². The number of nitrogens with one attached hydrogen (secondary N) is 1. The molecule has 1 amide bonds. The first-order valence-electron chi connectivity index (χ1n) is 5.46. The van der Waals surface area contributed by atoms with Crippen LogP contribution in [0.2, 0.25) is 5.02 Å². The minimum absolute atomic E-state index is 0.287. The van der Waals surface area contributed by atoms with Crippen molar-refractivity contribution in [3.63, 3.8) is 0 Å². The van der Waals surface area contributed by atoms with Crippen LogP contribution in [0.4, 0.5) is 5.69 Å². The summed E-state index contributed by atoms with van der Waals surface area (Å²) >= 11 is 10.6. The molecule has 0 unspecified atom stereocenters. The van der Waals surface area contributed by atoms with Crippen molar-refractivity contribution in [3.05, 3.63) is 49.6 Å². The number of rotatable bonds is 3. The second-order valence-electron chi connectivity index (χ2n) is 3.74. The lowest BCUT2D eigenvalue weighted by molar-refractivity contribution is 0.0600. The third-order valence-corrected chi connectivity index (χ3v) is 4.38. The van der Waals surface area contributed by atoms with E-state index in [9.17, 15) is 9.59 Å². The van der Waals surface area contributed by atoms with E-state index in [2.05, 4.69) is 26.0 Å². The summed E-state index contributed by atoms with van der Waals surface area (Å²) in [7, 11) is 1.29. The van der Waals surface area contributed by atoms with Crippen molar-refractivity contribution in [3.8, 4) is 0 Å². The van der Waals surface area contributed by atoms with Crippen molar-refractivity contribution >= 4 is 56.4 Å². The van der Waals surface area contributed by atoms with Crippen LogP contribution < -0.4 is 5.32 Å². The van der Waals surface area contributed by atoms with Gasteiger partial charge < -0.3 is 10.1 Å². The minimum Gasteiger partial charge on any atom is -0.465 e. The summed E-state index contributed by atoms with van der Waals surface area (Å²) in [5, 5.41) is 3.02. The fraction of sp³-hybridized carbons (Fsp3) is 0.0769. The first-order valence-corrected chi connectivity index (χ1v) is 7.44. The van der Waals surface area contributed by atoms with Crippen LogP contribution in [0.3, 0.4) is 0 Å². The molecule has 0 saturated carbocycles. The van der Waals surface area contributed by atoms with Gasteiger partial charge in [0.2, 0.25) is 0 Å². The Morgan fingerprint density at radius 2 is 2.05 bits per heavy atom. The van der Waals surface area contributed by atoms with E-state index in [1.54, 1.807) is 12.1 Å². The Labute approximate surface area is 132 Å². The Kier molecular flexibility index (Phi) is 4.80. The predicted octanol–water partition coefficient (Wildman–Crippen LogP) is 4.20. The van der Waals surface area contributed by atoms with Crippen LogP contribution in [0, 0.1) is 0 Å². The molecule has 0 spiro atoms. The van der Waals surface area contributed by atoms with Gasteiger partial charge in [-0.25, -0.2) is 4.79 Å². The normalized spacial score (nSPS) is 10.2. The van der Waals surface area contributed by atoms with Gasteiger partial charge in [0.05, 0.1) is 32.0 Å². The smallest absolute Gasteiger partial charge is 0.337 e. The van der Waals surface area contributed by atoms with Gasteiger partial charge in [0.1, 0.15) is 0 Å². The molecule has 0 aliphatic heterocycles. The molecule has 0 atom stereocenters. The van der Waals surface area contributed by atoms with Crippen LogP contribution in [-0.4, -0.2) is 19.0 Å². The second-order valence-corrected chi connectivity index (χ2v) is 6.61. The minimum atomic E-state index is -0.490. The molecule has 1 aromatic heterocycles. The topological polar surface area (TPSA) is 55.4 Å². The van der Waals surface area contributed by atoms with E-state index < -0.39 is 5.97 Å². The molecular weight excluding hydrogens is 366 g/mol. The number of carbonyl (C=O) groups excluding carboxylic acids is 2. The third-order valence-electron chi connectivity index (χ3n) is 2.43. The molecule has 4 nitrogen and oxygen atoms in total. The zero-order valence-corrected chi connectivity index (χ0v) is 13.4. The van der Waals surface area contributed by atoms with Crippen LogP contribution in [-0.2, 0) is 4.74 Å². The highest BCUT2D eigenvalue weighted by Gasteiger charge is 2.13. The van der Waals surface area contributed by atoms with Crippen molar-refractivity contribution in [1.29, 1.82) is 0 Å². The standard InChI is InChI=1S/C13H9BrClNO3S/c1-19-13(18)7-2-3-8(15)9(6-7)16-12(17)10-4-5-11(14)20-10/h2-6H,1H3,(H,16,17). The molecule has 2 aromatic rings. The second kappa shape index (κ2) is 6.39. The molecule has 0 aliphatic carbocycles. The van der Waals surface area contributed by atoms with E-state index in [4.69, 9.17) is 11.6 Å². The van der Waals surface area contributed by atoms with E-state index in [-0.39, 0.29) is 5.91 Å². The molecular formula is C13H9BrClNO3S. The summed E-state index contributed by atoms with van der Waals surface area (Å²) in [6.07, 6.45) is 0. The molecule has 0 radical (unpaired) electrons. The fourth-order valence-electron chi connectivity index (χ4n) is 1.49. The zero-order chi connectivity index (χ0) is 14.7. The maximum absolute atomic E-state index is 12.0. The summed E-state index contributed by atoms with van der Waals surface area (Å²) in [5.74, 6) is -0.777. The van der Waals surface area contributed by atoms with Crippen molar-refractivity contribution < 1.29 is 14.3 Å². The largest absolute Gasteiger partial charge is 0.465 e. The van der Waals surface area contributed by atoms with Crippen molar-refractivity contribution in [2.45, 2.75) is 0 Å². The highest BCUT2D eigenvalue weighted by Crippen LogP contribution is 2.26. The van der Waals surface area contributed by atoms with Crippen LogP contribution in [0.5, 0.6) is 0 Å². The van der Waals surface area contributed by atoms with E-state index in [0.29, 0.717) is 21.2 Å². The van der Waals surface area contributed by atoms with Crippen LogP contribution >= 0.6 is 38.9 Å². The molecule has 0 aliphatic rings. The number of benzene rings is 1. The monoisotopic (exact) mass is 373 g/mol. The lowest BCUT2D eigenvalue weighted by Crippen LogP contribution is -2.11. The zero-order valence-electron chi connectivity index (χ0n) is 10.3. The Bertz CT molecular complexity index is 671. The molecule has 7 heteroatoms. The van der Waals surface area contributed by atoms with E-state index >= 15 is 0 Å². The number of esters is 1. The molecule has 0 bridgehead atoms. The lowest BCUT2D eigenvalue weighted by atomic mass is 10.2. The van der Waals surface area contributed by atoms with E-state index in [0.717, 1.165) is 3.79 Å².